The summed E-state index contributed by atoms with van der Waals surface area (Å²) in [5, 5.41) is 0. The Hall–Kier alpha value is -0.730. The number of hydrogen-bond donors (Lipinski definition) is 0. The van der Waals surface area contributed by atoms with Crippen molar-refractivity contribution in [2.45, 2.75) is 34.6 Å². The monoisotopic (exact) mass is 188 g/mol. The minimum absolute atomic E-state index is 0.00312. The molecule has 13 heavy (non-hydrogen) atoms. The van der Waals surface area contributed by atoms with Gasteiger partial charge in [0.15, 0.2) is 0 Å². The molecule has 0 aliphatic carbocycles. The Morgan fingerprint density at radius 3 is 2.15 bits per heavy atom. The van der Waals surface area contributed by atoms with Crippen molar-refractivity contribution in [3.63, 3.8) is 0 Å². The minimum Gasteiger partial charge on any atom is -0.434 e. The molecule has 0 fully saturated rings. The number of rotatable bonds is 3. The van der Waals surface area contributed by atoms with Crippen molar-refractivity contribution < 1.29 is 14.3 Å². The van der Waals surface area contributed by atoms with E-state index < -0.39 is 6.16 Å². The van der Waals surface area contributed by atoms with Crippen molar-refractivity contribution in [1.82, 2.24) is 0 Å². The molecular formula is C10H20O3. The molecule has 0 aromatic heterocycles. The molecule has 0 amide bonds. The van der Waals surface area contributed by atoms with E-state index in [1.807, 2.05) is 34.6 Å². The first-order chi connectivity index (χ1) is 5.81. The van der Waals surface area contributed by atoms with Crippen LogP contribution < -0.4 is 0 Å². The second kappa shape index (κ2) is 5.10. The van der Waals surface area contributed by atoms with E-state index in [0.717, 1.165) is 0 Å². The van der Waals surface area contributed by atoms with Crippen LogP contribution in [0.5, 0.6) is 0 Å². The van der Waals surface area contributed by atoms with Crippen molar-refractivity contribution in [3.8, 4) is 0 Å². The van der Waals surface area contributed by atoms with Gasteiger partial charge in [-0.1, -0.05) is 34.6 Å². The van der Waals surface area contributed by atoms with Crippen LogP contribution in [0, 0.1) is 11.3 Å². The zero-order valence-electron chi connectivity index (χ0n) is 9.22. The molecule has 0 bridgehead atoms. The van der Waals surface area contributed by atoms with Gasteiger partial charge in [-0.15, -0.1) is 0 Å². The molecule has 3 nitrogen and oxygen atoms in total. The summed E-state index contributed by atoms with van der Waals surface area (Å²) in [4.78, 5) is 10.9. The van der Waals surface area contributed by atoms with E-state index in [1.54, 1.807) is 0 Å². The number of ether oxygens (including phenoxy) is 2. The summed E-state index contributed by atoms with van der Waals surface area (Å²) in [6.45, 7) is 10.8. The molecule has 0 aliphatic heterocycles. The average Bonchev–Trinajstić information content (AvgIpc) is 1.95. The maximum atomic E-state index is 10.9. The van der Waals surface area contributed by atoms with Crippen molar-refractivity contribution in [3.05, 3.63) is 0 Å². The summed E-state index contributed by atoms with van der Waals surface area (Å²) in [6, 6.07) is 0. The van der Waals surface area contributed by atoms with Crippen molar-refractivity contribution in [2.24, 2.45) is 11.3 Å². The van der Waals surface area contributed by atoms with Gasteiger partial charge in [-0.3, -0.25) is 0 Å². The van der Waals surface area contributed by atoms with Gasteiger partial charge in [0.05, 0.1) is 13.2 Å². The summed E-state index contributed by atoms with van der Waals surface area (Å²) >= 11 is 0. The fourth-order valence-electron chi connectivity index (χ4n) is 0.552. The molecule has 0 aromatic rings. The van der Waals surface area contributed by atoms with E-state index in [-0.39, 0.29) is 5.41 Å². The van der Waals surface area contributed by atoms with Crippen molar-refractivity contribution >= 4 is 6.16 Å². The highest BCUT2D eigenvalue weighted by atomic mass is 16.7. The number of carbonyl (C=O) groups excluding carboxylic acids is 1. The standard InChI is InChI=1S/C10H20O3/c1-8(2)6-12-9(11)13-7-10(3,4)5/h8H,6-7H2,1-5H3. The summed E-state index contributed by atoms with van der Waals surface area (Å²) in [5.41, 5.74) is -0.00312. The fraction of sp³-hybridized carbons (Fsp3) is 0.900. The Morgan fingerprint density at radius 1 is 1.23 bits per heavy atom. The highest BCUT2D eigenvalue weighted by Crippen LogP contribution is 2.13. The highest BCUT2D eigenvalue weighted by molar-refractivity contribution is 5.59. The molecule has 0 rings (SSSR count). The van der Waals surface area contributed by atoms with Crippen LogP contribution in [0.25, 0.3) is 0 Å². The van der Waals surface area contributed by atoms with Crippen LogP contribution in [0.15, 0.2) is 0 Å². The van der Waals surface area contributed by atoms with Gasteiger partial charge in [0.2, 0.25) is 0 Å². The molecule has 0 atom stereocenters. The summed E-state index contributed by atoms with van der Waals surface area (Å²) in [5.74, 6) is 0.349. The molecule has 0 N–H and O–H groups in total. The lowest BCUT2D eigenvalue weighted by molar-refractivity contribution is 0.0272. The molecule has 78 valence electrons. The molecular weight excluding hydrogens is 168 g/mol. The molecule has 0 saturated carbocycles. The lowest BCUT2D eigenvalue weighted by Crippen LogP contribution is -2.20. The third kappa shape index (κ3) is 9.18. The normalized spacial score (nSPS) is 11.5. The lowest BCUT2D eigenvalue weighted by atomic mass is 9.99. The van der Waals surface area contributed by atoms with Crippen LogP contribution >= 0.6 is 0 Å². The molecule has 0 unspecified atom stereocenters. The maximum Gasteiger partial charge on any atom is 0.508 e. The Morgan fingerprint density at radius 2 is 1.77 bits per heavy atom. The topological polar surface area (TPSA) is 35.5 Å². The van der Waals surface area contributed by atoms with Gasteiger partial charge >= 0.3 is 6.16 Å². The highest BCUT2D eigenvalue weighted by Gasteiger charge is 2.14. The van der Waals surface area contributed by atoms with Crippen LogP contribution in [0.1, 0.15) is 34.6 Å². The van der Waals surface area contributed by atoms with E-state index in [0.29, 0.717) is 19.1 Å². The van der Waals surface area contributed by atoms with Gasteiger partial charge in [0.1, 0.15) is 0 Å². The van der Waals surface area contributed by atoms with Crippen LogP contribution in [-0.2, 0) is 9.47 Å². The molecule has 0 aromatic carbocycles. The minimum atomic E-state index is -0.566. The predicted molar refractivity (Wildman–Crippen MR) is 51.6 cm³/mol. The average molecular weight is 188 g/mol. The van der Waals surface area contributed by atoms with Gasteiger partial charge in [-0.2, -0.15) is 0 Å². The van der Waals surface area contributed by atoms with E-state index in [9.17, 15) is 4.79 Å². The summed E-state index contributed by atoms with van der Waals surface area (Å²) in [7, 11) is 0. The molecule has 0 aliphatic rings. The summed E-state index contributed by atoms with van der Waals surface area (Å²) < 4.78 is 9.73. The van der Waals surface area contributed by atoms with Crippen molar-refractivity contribution in [2.75, 3.05) is 13.2 Å². The zero-order valence-corrected chi connectivity index (χ0v) is 9.22. The second-order valence-electron chi connectivity index (χ2n) is 4.80. The molecule has 3 heteroatoms. The Balaban J connectivity index is 3.53. The first-order valence-electron chi connectivity index (χ1n) is 4.61. The number of carbonyl (C=O) groups is 1. The zero-order chi connectivity index (χ0) is 10.5. The largest absolute Gasteiger partial charge is 0.508 e. The van der Waals surface area contributed by atoms with Gasteiger partial charge in [0, 0.05) is 0 Å². The van der Waals surface area contributed by atoms with Crippen LogP contribution in [0.2, 0.25) is 0 Å². The quantitative estimate of drug-likeness (QED) is 0.639. The second-order valence-corrected chi connectivity index (χ2v) is 4.80. The molecule has 0 heterocycles. The SMILES string of the molecule is CC(C)COC(=O)OCC(C)(C)C. The third-order valence-corrected chi connectivity index (χ3v) is 1.16. The van der Waals surface area contributed by atoms with E-state index in [1.165, 1.54) is 0 Å². The Kier molecular flexibility index (Phi) is 4.81. The third-order valence-electron chi connectivity index (χ3n) is 1.16. The first kappa shape index (κ1) is 12.3. The fourth-order valence-corrected chi connectivity index (χ4v) is 0.552. The smallest absolute Gasteiger partial charge is 0.434 e. The summed E-state index contributed by atoms with van der Waals surface area (Å²) in [6.07, 6.45) is -0.566. The Labute approximate surface area is 80.4 Å². The van der Waals surface area contributed by atoms with Crippen LogP contribution in [0.4, 0.5) is 4.79 Å². The molecule has 0 spiro atoms. The maximum absolute atomic E-state index is 10.9. The van der Waals surface area contributed by atoms with Gasteiger partial charge in [-0.05, 0) is 11.3 Å². The van der Waals surface area contributed by atoms with Gasteiger partial charge in [0.25, 0.3) is 0 Å². The van der Waals surface area contributed by atoms with Gasteiger partial charge in [-0.25, -0.2) is 4.79 Å². The first-order valence-corrected chi connectivity index (χ1v) is 4.61. The lowest BCUT2D eigenvalue weighted by Gasteiger charge is -2.17. The van der Waals surface area contributed by atoms with Crippen LogP contribution in [0.3, 0.4) is 0 Å². The van der Waals surface area contributed by atoms with E-state index >= 15 is 0 Å². The van der Waals surface area contributed by atoms with E-state index in [2.05, 4.69) is 0 Å². The van der Waals surface area contributed by atoms with Crippen LogP contribution in [-0.4, -0.2) is 19.4 Å². The Bertz CT molecular complexity index is 156. The predicted octanol–water partition coefficient (Wildman–Crippen LogP) is 2.84. The molecule has 0 saturated heterocycles. The van der Waals surface area contributed by atoms with Crippen molar-refractivity contribution in [1.29, 1.82) is 0 Å². The molecule has 0 radical (unpaired) electrons. The number of hydrogen-bond acceptors (Lipinski definition) is 3. The van der Waals surface area contributed by atoms with E-state index in [4.69, 9.17) is 9.47 Å². The van der Waals surface area contributed by atoms with Gasteiger partial charge < -0.3 is 9.47 Å².